The zero-order chi connectivity index (χ0) is 17.0. The minimum atomic E-state index is -0.320. The summed E-state index contributed by atoms with van der Waals surface area (Å²) in [5.74, 6) is -0.320. The van der Waals surface area contributed by atoms with E-state index in [1.165, 1.54) is 5.56 Å². The van der Waals surface area contributed by atoms with Crippen molar-refractivity contribution in [3.8, 4) is 11.3 Å². The van der Waals surface area contributed by atoms with Gasteiger partial charge >= 0.3 is 5.76 Å². The van der Waals surface area contributed by atoms with E-state index in [1.807, 2.05) is 38.2 Å². The molecule has 24 heavy (non-hydrogen) atoms. The molecule has 1 aromatic carbocycles. The van der Waals surface area contributed by atoms with Crippen LogP contribution >= 0.6 is 0 Å². The quantitative estimate of drug-likeness (QED) is 0.558. The van der Waals surface area contributed by atoms with Gasteiger partial charge in [-0.2, -0.15) is 0 Å². The Bertz CT molecular complexity index is 1130. The summed E-state index contributed by atoms with van der Waals surface area (Å²) in [7, 11) is 0. The van der Waals surface area contributed by atoms with Gasteiger partial charge in [-0.15, -0.1) is 0 Å². The van der Waals surface area contributed by atoms with E-state index in [-0.39, 0.29) is 11.8 Å². The first-order valence-corrected chi connectivity index (χ1v) is 8.06. The molecule has 0 radical (unpaired) electrons. The fourth-order valence-electron chi connectivity index (χ4n) is 3.21. The lowest BCUT2D eigenvalue weighted by molar-refractivity contribution is 0.478. The van der Waals surface area contributed by atoms with Crippen LogP contribution in [0.1, 0.15) is 31.1 Å². The zero-order valence-electron chi connectivity index (χ0n) is 14.2. The minimum Gasteiger partial charge on any atom is -0.408 e. The summed E-state index contributed by atoms with van der Waals surface area (Å²) in [6.07, 6.45) is 2.04. The lowest BCUT2D eigenvalue weighted by atomic mass is 10.1. The van der Waals surface area contributed by atoms with E-state index in [9.17, 15) is 4.79 Å². The molecule has 0 aliphatic heterocycles. The first-order valence-electron chi connectivity index (χ1n) is 8.06. The van der Waals surface area contributed by atoms with E-state index in [0.29, 0.717) is 5.58 Å². The van der Waals surface area contributed by atoms with Crippen LogP contribution in [0, 0.1) is 13.8 Å². The Morgan fingerprint density at radius 3 is 2.67 bits per heavy atom. The summed E-state index contributed by atoms with van der Waals surface area (Å²) in [5.41, 5.74) is 6.50. The molecule has 0 spiro atoms. The second-order valence-electron chi connectivity index (χ2n) is 6.49. The number of fused-ring (bicyclic) bond motifs is 2. The van der Waals surface area contributed by atoms with Crippen molar-refractivity contribution in [3.63, 3.8) is 0 Å². The average Bonchev–Trinajstić information content (AvgIpc) is 3.02. The molecule has 0 saturated heterocycles. The number of benzene rings is 1. The van der Waals surface area contributed by atoms with Gasteiger partial charge < -0.3 is 8.82 Å². The van der Waals surface area contributed by atoms with Crippen LogP contribution in [-0.4, -0.2) is 14.0 Å². The number of hydrogen-bond donors (Lipinski definition) is 0. The zero-order valence-corrected chi connectivity index (χ0v) is 14.2. The van der Waals surface area contributed by atoms with Crippen molar-refractivity contribution in [3.05, 3.63) is 58.3 Å². The summed E-state index contributed by atoms with van der Waals surface area (Å²) < 4.78 is 9.09. The number of pyridine rings is 1. The molecule has 0 atom stereocenters. The molecule has 0 unspecified atom stereocenters. The number of oxazole rings is 1. The molecule has 0 saturated carbocycles. The molecule has 3 heterocycles. The van der Waals surface area contributed by atoms with Gasteiger partial charge in [0.2, 0.25) is 0 Å². The van der Waals surface area contributed by atoms with Gasteiger partial charge in [0.1, 0.15) is 5.65 Å². The second-order valence-corrected chi connectivity index (χ2v) is 6.49. The van der Waals surface area contributed by atoms with E-state index in [0.717, 1.165) is 28.1 Å². The van der Waals surface area contributed by atoms with Crippen LogP contribution < -0.4 is 5.76 Å². The van der Waals surface area contributed by atoms with E-state index in [1.54, 1.807) is 4.57 Å². The smallest absolute Gasteiger partial charge is 0.408 e. The molecule has 3 aromatic heterocycles. The van der Waals surface area contributed by atoms with Crippen molar-refractivity contribution in [1.29, 1.82) is 0 Å². The summed E-state index contributed by atoms with van der Waals surface area (Å²) in [6.45, 7) is 8.06. The standard InChI is InChI=1S/C19H19N3O2/c1-11(2)22-15-10-14(5-6-16(15)24-19(22)23)18-13(4)21-8-7-12(3)9-17(21)20-18/h5-11H,1-4H3. The molecule has 4 rings (SSSR count). The van der Waals surface area contributed by atoms with Gasteiger partial charge in [0, 0.05) is 23.5 Å². The second kappa shape index (κ2) is 5.09. The maximum atomic E-state index is 12.0. The largest absolute Gasteiger partial charge is 0.420 e. The van der Waals surface area contributed by atoms with Gasteiger partial charge in [0.15, 0.2) is 5.58 Å². The van der Waals surface area contributed by atoms with Gasteiger partial charge in [0.05, 0.1) is 11.2 Å². The molecular weight excluding hydrogens is 302 g/mol. The topological polar surface area (TPSA) is 52.4 Å². The van der Waals surface area contributed by atoms with Crippen molar-refractivity contribution >= 4 is 16.7 Å². The maximum Gasteiger partial charge on any atom is 0.420 e. The van der Waals surface area contributed by atoms with E-state index in [2.05, 4.69) is 30.4 Å². The van der Waals surface area contributed by atoms with Gasteiger partial charge in [-0.05, 0) is 63.6 Å². The Hall–Kier alpha value is -2.82. The van der Waals surface area contributed by atoms with E-state index in [4.69, 9.17) is 9.40 Å². The Kier molecular flexibility index (Phi) is 3.13. The van der Waals surface area contributed by atoms with Crippen molar-refractivity contribution in [1.82, 2.24) is 14.0 Å². The van der Waals surface area contributed by atoms with E-state index >= 15 is 0 Å². The molecule has 5 nitrogen and oxygen atoms in total. The Morgan fingerprint density at radius 1 is 1.12 bits per heavy atom. The molecule has 0 fully saturated rings. The van der Waals surface area contributed by atoms with Crippen LogP contribution in [0.25, 0.3) is 28.0 Å². The van der Waals surface area contributed by atoms with Gasteiger partial charge in [-0.3, -0.25) is 4.57 Å². The molecule has 0 N–H and O–H groups in total. The van der Waals surface area contributed by atoms with Crippen LogP contribution in [0.4, 0.5) is 0 Å². The minimum absolute atomic E-state index is 0.0406. The molecule has 5 heteroatoms. The highest BCUT2D eigenvalue weighted by Crippen LogP contribution is 2.28. The summed E-state index contributed by atoms with van der Waals surface area (Å²) in [4.78, 5) is 16.8. The molecule has 0 aliphatic rings. The first-order chi connectivity index (χ1) is 11.5. The lowest BCUT2D eigenvalue weighted by Crippen LogP contribution is -2.15. The van der Waals surface area contributed by atoms with Crippen molar-refractivity contribution in [2.24, 2.45) is 0 Å². The van der Waals surface area contributed by atoms with E-state index < -0.39 is 0 Å². The van der Waals surface area contributed by atoms with Crippen molar-refractivity contribution < 1.29 is 4.42 Å². The fraction of sp³-hybridized carbons (Fsp3) is 0.263. The molecule has 4 aromatic rings. The molecule has 122 valence electrons. The average molecular weight is 321 g/mol. The predicted octanol–water partition coefficient (Wildman–Crippen LogP) is 4.11. The van der Waals surface area contributed by atoms with Crippen LogP contribution in [0.15, 0.2) is 45.7 Å². The Balaban J connectivity index is 1.98. The van der Waals surface area contributed by atoms with Crippen molar-refractivity contribution in [2.75, 3.05) is 0 Å². The molecule has 0 amide bonds. The molecule has 0 bridgehead atoms. The lowest BCUT2D eigenvalue weighted by Gasteiger charge is -2.06. The van der Waals surface area contributed by atoms with Crippen molar-refractivity contribution in [2.45, 2.75) is 33.7 Å². The highest BCUT2D eigenvalue weighted by Gasteiger charge is 2.16. The summed E-state index contributed by atoms with van der Waals surface area (Å²) >= 11 is 0. The third-order valence-electron chi connectivity index (χ3n) is 4.42. The van der Waals surface area contributed by atoms with Crippen LogP contribution in [0.2, 0.25) is 0 Å². The fourth-order valence-corrected chi connectivity index (χ4v) is 3.21. The SMILES string of the molecule is Cc1ccn2c(C)c(-c3ccc4oc(=O)n(C(C)C)c4c3)nc2c1. The number of rotatable bonds is 2. The van der Waals surface area contributed by atoms with Gasteiger partial charge in [-0.25, -0.2) is 9.78 Å². The van der Waals surface area contributed by atoms with Crippen LogP contribution in [0.5, 0.6) is 0 Å². The number of imidazole rings is 1. The van der Waals surface area contributed by atoms with Gasteiger partial charge in [-0.1, -0.05) is 0 Å². The third kappa shape index (κ3) is 2.08. The third-order valence-corrected chi connectivity index (χ3v) is 4.42. The Labute approximate surface area is 139 Å². The Morgan fingerprint density at radius 2 is 1.92 bits per heavy atom. The number of aromatic nitrogens is 3. The highest BCUT2D eigenvalue weighted by atomic mass is 16.4. The summed E-state index contributed by atoms with van der Waals surface area (Å²) in [5, 5.41) is 0. The summed E-state index contributed by atoms with van der Waals surface area (Å²) in [6, 6.07) is 9.97. The number of nitrogens with zero attached hydrogens (tertiary/aromatic N) is 3. The monoisotopic (exact) mass is 321 g/mol. The normalized spacial score (nSPS) is 11.9. The maximum absolute atomic E-state index is 12.0. The van der Waals surface area contributed by atoms with Crippen LogP contribution in [0.3, 0.4) is 0 Å². The first kappa shape index (κ1) is 14.8. The predicted molar refractivity (Wildman–Crippen MR) is 94.5 cm³/mol. The molecule has 0 aliphatic carbocycles. The van der Waals surface area contributed by atoms with Crippen LogP contribution in [-0.2, 0) is 0 Å². The van der Waals surface area contributed by atoms with Gasteiger partial charge in [0.25, 0.3) is 0 Å². The number of hydrogen-bond acceptors (Lipinski definition) is 3. The molecular formula is C19H19N3O2. The highest BCUT2D eigenvalue weighted by molar-refractivity contribution is 5.81. The number of aryl methyl sites for hydroxylation is 2.